The van der Waals surface area contributed by atoms with Crippen LogP contribution < -0.4 is 0 Å². The summed E-state index contributed by atoms with van der Waals surface area (Å²) in [5.74, 6) is 0.608. The maximum atomic E-state index is 12.2. The van der Waals surface area contributed by atoms with Gasteiger partial charge in [-0.25, -0.2) is 0 Å². The van der Waals surface area contributed by atoms with Crippen LogP contribution in [0.5, 0.6) is 0 Å². The van der Waals surface area contributed by atoms with Crippen LogP contribution >= 0.6 is 7.60 Å². The van der Waals surface area contributed by atoms with Crippen molar-refractivity contribution >= 4 is 7.60 Å². The lowest BCUT2D eigenvalue weighted by Crippen LogP contribution is -2.07. The van der Waals surface area contributed by atoms with Crippen LogP contribution in [0.25, 0.3) is 0 Å². The van der Waals surface area contributed by atoms with E-state index in [-0.39, 0.29) is 6.61 Å². The molecular weight excluding hydrogens is 227 g/mol. The highest BCUT2D eigenvalue weighted by Crippen LogP contribution is 2.52. The number of aliphatic hydroxyl groups is 1. The molecular formula is C11H24O4P. The molecule has 1 radical (unpaired) electrons. The first kappa shape index (κ1) is 16.1. The molecule has 0 atom stereocenters. The smallest absolute Gasteiger partial charge is 0.334 e. The van der Waals surface area contributed by atoms with Crippen LogP contribution in [0.15, 0.2) is 0 Å². The van der Waals surface area contributed by atoms with E-state index >= 15 is 0 Å². The molecule has 0 aromatic carbocycles. The Morgan fingerprint density at radius 2 is 1.56 bits per heavy atom. The van der Waals surface area contributed by atoms with Gasteiger partial charge in [0.15, 0.2) is 0 Å². The van der Waals surface area contributed by atoms with Gasteiger partial charge in [-0.2, -0.15) is 0 Å². The number of rotatable bonds is 9. The van der Waals surface area contributed by atoms with Crippen LogP contribution in [-0.4, -0.2) is 24.9 Å². The van der Waals surface area contributed by atoms with Gasteiger partial charge in [-0.3, -0.25) is 4.57 Å². The quantitative estimate of drug-likeness (QED) is 0.640. The standard InChI is InChI=1S/C11H24O4P/c1-10(2)8-14-16(13,7-5-6-12)15-9-11(3)4/h7,10-12H,5-6,8-9H2,1-4H3. The zero-order chi connectivity index (χ0) is 12.6. The van der Waals surface area contributed by atoms with Gasteiger partial charge >= 0.3 is 7.60 Å². The van der Waals surface area contributed by atoms with Gasteiger partial charge in [0.1, 0.15) is 0 Å². The van der Waals surface area contributed by atoms with Crippen LogP contribution in [-0.2, 0) is 13.6 Å². The zero-order valence-corrected chi connectivity index (χ0v) is 11.6. The van der Waals surface area contributed by atoms with Gasteiger partial charge in [-0.1, -0.05) is 27.7 Å². The molecule has 4 nitrogen and oxygen atoms in total. The molecule has 0 saturated carbocycles. The predicted octanol–water partition coefficient (Wildman–Crippen LogP) is 3.07. The lowest BCUT2D eigenvalue weighted by Gasteiger charge is -2.20. The molecule has 0 amide bonds. The molecule has 0 aromatic rings. The first-order chi connectivity index (χ1) is 7.39. The molecule has 5 heteroatoms. The van der Waals surface area contributed by atoms with Crippen LogP contribution in [0.1, 0.15) is 34.1 Å². The van der Waals surface area contributed by atoms with E-state index in [0.29, 0.717) is 31.5 Å². The summed E-state index contributed by atoms with van der Waals surface area (Å²) in [7, 11) is -3.13. The fourth-order valence-corrected chi connectivity index (χ4v) is 2.59. The van der Waals surface area contributed by atoms with Gasteiger partial charge in [0, 0.05) is 6.61 Å². The summed E-state index contributed by atoms with van der Waals surface area (Å²) >= 11 is 0. The van der Waals surface area contributed by atoms with E-state index in [2.05, 4.69) is 0 Å². The van der Waals surface area contributed by atoms with E-state index in [0.717, 1.165) is 0 Å². The fraction of sp³-hybridized carbons (Fsp3) is 0.909. The van der Waals surface area contributed by atoms with E-state index in [1.165, 1.54) is 6.16 Å². The van der Waals surface area contributed by atoms with Crippen LogP contribution in [0.2, 0.25) is 0 Å². The first-order valence-electron chi connectivity index (χ1n) is 5.73. The van der Waals surface area contributed by atoms with Crippen molar-refractivity contribution in [1.82, 2.24) is 0 Å². The molecule has 97 valence electrons. The molecule has 16 heavy (non-hydrogen) atoms. The van der Waals surface area contributed by atoms with Gasteiger partial charge in [0.05, 0.1) is 19.4 Å². The molecule has 0 unspecified atom stereocenters. The zero-order valence-electron chi connectivity index (χ0n) is 10.7. The van der Waals surface area contributed by atoms with Crippen molar-refractivity contribution in [3.05, 3.63) is 6.16 Å². The van der Waals surface area contributed by atoms with Gasteiger partial charge < -0.3 is 14.2 Å². The Morgan fingerprint density at radius 3 is 1.88 bits per heavy atom. The van der Waals surface area contributed by atoms with Crippen molar-refractivity contribution in [1.29, 1.82) is 0 Å². The van der Waals surface area contributed by atoms with Crippen LogP contribution in [0.4, 0.5) is 0 Å². The third kappa shape index (κ3) is 8.28. The molecule has 0 aromatic heterocycles. The Kier molecular flexibility index (Phi) is 8.29. The largest absolute Gasteiger partial charge is 0.396 e. The predicted molar refractivity (Wildman–Crippen MR) is 65.2 cm³/mol. The maximum Gasteiger partial charge on any atom is 0.334 e. The minimum atomic E-state index is -3.13. The minimum Gasteiger partial charge on any atom is -0.396 e. The van der Waals surface area contributed by atoms with Gasteiger partial charge in [0.2, 0.25) is 0 Å². The lowest BCUT2D eigenvalue weighted by atomic mass is 10.2. The molecule has 1 N–H and O–H groups in total. The summed E-state index contributed by atoms with van der Waals surface area (Å²) < 4.78 is 22.8. The Hall–Kier alpha value is 0.110. The van der Waals surface area contributed by atoms with E-state index in [9.17, 15) is 4.57 Å². The van der Waals surface area contributed by atoms with E-state index in [4.69, 9.17) is 14.2 Å². The highest BCUT2D eigenvalue weighted by molar-refractivity contribution is 7.56. The third-order valence-corrected chi connectivity index (χ3v) is 3.38. The SMILES string of the molecule is CC(C)COP(=O)([CH]CCO)OCC(C)C. The molecule has 0 saturated heterocycles. The molecule has 0 bridgehead atoms. The molecule has 0 heterocycles. The van der Waals surface area contributed by atoms with Crippen LogP contribution in [0.3, 0.4) is 0 Å². The monoisotopic (exact) mass is 251 g/mol. The van der Waals surface area contributed by atoms with Crippen molar-refractivity contribution in [2.45, 2.75) is 34.1 Å². The molecule has 0 aliphatic heterocycles. The van der Waals surface area contributed by atoms with Gasteiger partial charge in [0.25, 0.3) is 0 Å². The Morgan fingerprint density at radius 1 is 1.12 bits per heavy atom. The second-order valence-electron chi connectivity index (χ2n) is 4.61. The van der Waals surface area contributed by atoms with E-state index in [1.54, 1.807) is 0 Å². The van der Waals surface area contributed by atoms with Gasteiger partial charge in [-0.15, -0.1) is 0 Å². The van der Waals surface area contributed by atoms with Crippen molar-refractivity contribution in [2.24, 2.45) is 11.8 Å². The highest BCUT2D eigenvalue weighted by Gasteiger charge is 2.25. The van der Waals surface area contributed by atoms with Crippen molar-refractivity contribution < 1.29 is 18.7 Å². The Labute approximate surface area is 98.9 Å². The van der Waals surface area contributed by atoms with Crippen molar-refractivity contribution in [3.63, 3.8) is 0 Å². The Balaban J connectivity index is 4.18. The minimum absolute atomic E-state index is 0.0416. The lowest BCUT2D eigenvalue weighted by molar-refractivity contribution is 0.175. The first-order valence-corrected chi connectivity index (χ1v) is 7.35. The summed E-state index contributed by atoms with van der Waals surface area (Å²) in [5, 5.41) is 8.72. The molecule has 0 aliphatic rings. The van der Waals surface area contributed by atoms with Crippen molar-refractivity contribution in [3.8, 4) is 0 Å². The Bertz CT molecular complexity index is 200. The molecule has 0 aliphatic carbocycles. The second kappa shape index (κ2) is 8.24. The average Bonchev–Trinajstić information content (AvgIpc) is 2.21. The molecule has 0 fully saturated rings. The van der Waals surface area contributed by atoms with E-state index < -0.39 is 7.60 Å². The summed E-state index contributed by atoms with van der Waals surface area (Å²) in [6.07, 6.45) is 1.78. The van der Waals surface area contributed by atoms with E-state index in [1.807, 2.05) is 27.7 Å². The topological polar surface area (TPSA) is 55.8 Å². The summed E-state index contributed by atoms with van der Waals surface area (Å²) in [5.41, 5.74) is 0. The normalized spacial score (nSPS) is 12.7. The highest BCUT2D eigenvalue weighted by atomic mass is 31.2. The third-order valence-electron chi connectivity index (χ3n) is 1.66. The maximum absolute atomic E-state index is 12.2. The number of hydrogen-bond acceptors (Lipinski definition) is 4. The molecule has 0 spiro atoms. The van der Waals surface area contributed by atoms with Crippen molar-refractivity contribution in [2.75, 3.05) is 19.8 Å². The average molecular weight is 251 g/mol. The fourth-order valence-electron chi connectivity index (χ4n) is 0.864. The molecule has 0 rings (SSSR count). The second-order valence-corrected chi connectivity index (χ2v) is 6.58. The van der Waals surface area contributed by atoms with Gasteiger partial charge in [-0.05, 0) is 18.3 Å². The number of hydrogen-bond donors (Lipinski definition) is 1. The van der Waals surface area contributed by atoms with Crippen LogP contribution in [0, 0.1) is 18.0 Å². The summed E-state index contributed by atoms with van der Waals surface area (Å²) in [6, 6.07) is 0. The summed E-state index contributed by atoms with van der Waals surface area (Å²) in [6.45, 7) is 8.70. The summed E-state index contributed by atoms with van der Waals surface area (Å²) in [4.78, 5) is 0. The number of aliphatic hydroxyl groups excluding tert-OH is 1.